The molecule has 1 rings (SSSR count). The SMILES string of the molecule is CCCc1nc(C(C)OCC)nc(Cl)c1I. The summed E-state index contributed by atoms with van der Waals surface area (Å²) in [6, 6.07) is 0. The predicted molar refractivity (Wildman–Crippen MR) is 73.8 cm³/mol. The molecule has 1 aromatic rings. The van der Waals surface area contributed by atoms with Gasteiger partial charge in [0, 0.05) is 6.61 Å². The van der Waals surface area contributed by atoms with Crippen molar-refractivity contribution in [1.29, 1.82) is 0 Å². The monoisotopic (exact) mass is 354 g/mol. The first kappa shape index (κ1) is 14.1. The average Bonchev–Trinajstić information content (AvgIpc) is 2.25. The Kier molecular flexibility index (Phi) is 5.92. The van der Waals surface area contributed by atoms with Gasteiger partial charge in [-0.05, 0) is 42.9 Å². The predicted octanol–water partition coefficient (Wildman–Crippen LogP) is 3.78. The molecule has 0 aliphatic rings. The van der Waals surface area contributed by atoms with Gasteiger partial charge in [0.2, 0.25) is 0 Å². The van der Waals surface area contributed by atoms with Gasteiger partial charge in [0.1, 0.15) is 11.3 Å². The maximum Gasteiger partial charge on any atom is 0.158 e. The molecule has 0 aliphatic carbocycles. The maximum absolute atomic E-state index is 6.08. The molecule has 0 spiro atoms. The van der Waals surface area contributed by atoms with Gasteiger partial charge in [-0.2, -0.15) is 0 Å². The molecule has 0 bridgehead atoms. The van der Waals surface area contributed by atoms with Crippen molar-refractivity contribution < 1.29 is 4.74 Å². The third-order valence-corrected chi connectivity index (χ3v) is 3.89. The molecular weight excluding hydrogens is 338 g/mol. The van der Waals surface area contributed by atoms with Crippen LogP contribution in [0.5, 0.6) is 0 Å². The Morgan fingerprint density at radius 3 is 2.62 bits per heavy atom. The van der Waals surface area contributed by atoms with Gasteiger partial charge < -0.3 is 4.74 Å². The molecule has 0 amide bonds. The summed E-state index contributed by atoms with van der Waals surface area (Å²) in [4.78, 5) is 8.77. The van der Waals surface area contributed by atoms with Crippen LogP contribution in [0.15, 0.2) is 0 Å². The Labute approximate surface area is 115 Å². The molecule has 0 saturated heterocycles. The van der Waals surface area contributed by atoms with Crippen molar-refractivity contribution in [3.63, 3.8) is 0 Å². The number of hydrogen-bond acceptors (Lipinski definition) is 3. The lowest BCUT2D eigenvalue weighted by Gasteiger charge is -2.13. The zero-order valence-corrected chi connectivity index (χ0v) is 12.7. The quantitative estimate of drug-likeness (QED) is 0.596. The molecule has 0 fully saturated rings. The Hall–Kier alpha value is 0.0600. The number of nitrogens with zero attached hydrogens (tertiary/aromatic N) is 2. The first-order chi connectivity index (χ1) is 7.60. The summed E-state index contributed by atoms with van der Waals surface area (Å²) in [5, 5.41) is 0.528. The standard InChI is InChI=1S/C11H16ClIN2O/c1-4-6-8-9(13)10(12)15-11(14-8)7(3)16-5-2/h7H,4-6H2,1-3H3. The van der Waals surface area contributed by atoms with E-state index < -0.39 is 0 Å². The fourth-order valence-electron chi connectivity index (χ4n) is 1.39. The van der Waals surface area contributed by atoms with E-state index in [-0.39, 0.29) is 6.10 Å². The minimum Gasteiger partial charge on any atom is -0.371 e. The van der Waals surface area contributed by atoms with Gasteiger partial charge in [0.15, 0.2) is 5.82 Å². The van der Waals surface area contributed by atoms with Crippen LogP contribution in [0.25, 0.3) is 0 Å². The van der Waals surface area contributed by atoms with Crippen LogP contribution in [-0.2, 0) is 11.2 Å². The number of rotatable bonds is 5. The first-order valence-electron chi connectivity index (χ1n) is 5.43. The highest BCUT2D eigenvalue weighted by Gasteiger charge is 2.14. The highest BCUT2D eigenvalue weighted by molar-refractivity contribution is 14.1. The van der Waals surface area contributed by atoms with Crippen molar-refractivity contribution >= 4 is 34.2 Å². The third kappa shape index (κ3) is 3.53. The van der Waals surface area contributed by atoms with E-state index in [9.17, 15) is 0 Å². The van der Waals surface area contributed by atoms with Crippen LogP contribution in [0.4, 0.5) is 0 Å². The third-order valence-electron chi connectivity index (χ3n) is 2.16. The molecular formula is C11H16ClIN2O. The van der Waals surface area contributed by atoms with E-state index in [1.165, 1.54) is 0 Å². The van der Waals surface area contributed by atoms with E-state index in [1.807, 2.05) is 13.8 Å². The van der Waals surface area contributed by atoms with Crippen LogP contribution < -0.4 is 0 Å². The lowest BCUT2D eigenvalue weighted by molar-refractivity contribution is 0.0698. The molecule has 0 aromatic carbocycles. The molecule has 0 aliphatic heterocycles. The van der Waals surface area contributed by atoms with Crippen LogP contribution in [0.1, 0.15) is 44.8 Å². The van der Waals surface area contributed by atoms with Crippen molar-refractivity contribution in [3.05, 3.63) is 20.2 Å². The van der Waals surface area contributed by atoms with Gasteiger partial charge in [0.25, 0.3) is 0 Å². The molecule has 0 radical (unpaired) electrons. The van der Waals surface area contributed by atoms with Gasteiger partial charge in [-0.1, -0.05) is 24.9 Å². The zero-order chi connectivity index (χ0) is 12.1. The Morgan fingerprint density at radius 2 is 2.06 bits per heavy atom. The molecule has 5 heteroatoms. The minimum absolute atomic E-state index is 0.102. The van der Waals surface area contributed by atoms with E-state index in [2.05, 4.69) is 39.5 Å². The second-order valence-electron chi connectivity index (χ2n) is 3.48. The number of hydrogen-bond donors (Lipinski definition) is 0. The summed E-state index contributed by atoms with van der Waals surface area (Å²) < 4.78 is 6.42. The molecule has 3 nitrogen and oxygen atoms in total. The molecule has 90 valence electrons. The second kappa shape index (κ2) is 6.71. The fraction of sp³-hybridized carbons (Fsp3) is 0.636. The number of ether oxygens (including phenoxy) is 1. The highest BCUT2D eigenvalue weighted by Crippen LogP contribution is 2.23. The molecule has 1 atom stereocenters. The normalized spacial score (nSPS) is 12.8. The lowest BCUT2D eigenvalue weighted by atomic mass is 10.2. The first-order valence-corrected chi connectivity index (χ1v) is 6.89. The Morgan fingerprint density at radius 1 is 1.38 bits per heavy atom. The molecule has 0 N–H and O–H groups in total. The fourth-order valence-corrected chi connectivity index (χ4v) is 2.10. The van der Waals surface area contributed by atoms with Crippen LogP contribution in [0.2, 0.25) is 5.15 Å². The molecule has 0 saturated carbocycles. The van der Waals surface area contributed by atoms with Crippen LogP contribution in [0, 0.1) is 3.57 Å². The smallest absolute Gasteiger partial charge is 0.158 e. The average molecular weight is 355 g/mol. The maximum atomic E-state index is 6.08. The summed E-state index contributed by atoms with van der Waals surface area (Å²) in [6.45, 7) is 6.67. The van der Waals surface area contributed by atoms with Crippen LogP contribution >= 0.6 is 34.2 Å². The van der Waals surface area contributed by atoms with Crippen molar-refractivity contribution in [2.45, 2.75) is 39.7 Å². The van der Waals surface area contributed by atoms with Crippen molar-refractivity contribution in [2.24, 2.45) is 0 Å². The molecule has 1 unspecified atom stereocenters. The second-order valence-corrected chi connectivity index (χ2v) is 4.92. The van der Waals surface area contributed by atoms with Gasteiger partial charge >= 0.3 is 0 Å². The van der Waals surface area contributed by atoms with Crippen molar-refractivity contribution in [1.82, 2.24) is 9.97 Å². The minimum atomic E-state index is -0.102. The van der Waals surface area contributed by atoms with Crippen molar-refractivity contribution in [3.8, 4) is 0 Å². The lowest BCUT2D eigenvalue weighted by Crippen LogP contribution is -2.09. The molecule has 16 heavy (non-hydrogen) atoms. The summed E-state index contributed by atoms with van der Waals surface area (Å²) in [7, 11) is 0. The zero-order valence-electron chi connectivity index (χ0n) is 9.76. The topological polar surface area (TPSA) is 35.0 Å². The van der Waals surface area contributed by atoms with Gasteiger partial charge in [-0.3, -0.25) is 0 Å². The highest BCUT2D eigenvalue weighted by atomic mass is 127. The summed E-state index contributed by atoms with van der Waals surface area (Å²) >= 11 is 8.28. The van der Waals surface area contributed by atoms with Gasteiger partial charge in [-0.25, -0.2) is 9.97 Å². The summed E-state index contributed by atoms with van der Waals surface area (Å²) in [6.07, 6.45) is 1.87. The number of aromatic nitrogens is 2. The van der Waals surface area contributed by atoms with Crippen LogP contribution in [-0.4, -0.2) is 16.6 Å². The van der Waals surface area contributed by atoms with Gasteiger partial charge in [-0.15, -0.1) is 0 Å². The number of aryl methyl sites for hydroxylation is 1. The number of halogens is 2. The molecule has 1 aromatic heterocycles. The van der Waals surface area contributed by atoms with Crippen LogP contribution in [0.3, 0.4) is 0 Å². The van der Waals surface area contributed by atoms with Crippen molar-refractivity contribution in [2.75, 3.05) is 6.61 Å². The van der Waals surface area contributed by atoms with Gasteiger partial charge in [0.05, 0.1) is 9.26 Å². The largest absolute Gasteiger partial charge is 0.371 e. The molecule has 1 heterocycles. The van der Waals surface area contributed by atoms with E-state index in [1.54, 1.807) is 0 Å². The summed E-state index contributed by atoms with van der Waals surface area (Å²) in [5.41, 5.74) is 1.02. The Bertz CT molecular complexity index is 360. The Balaban J connectivity index is 3.03. The summed E-state index contributed by atoms with van der Waals surface area (Å²) in [5.74, 6) is 0.677. The van der Waals surface area contributed by atoms with E-state index in [0.717, 1.165) is 22.1 Å². The van der Waals surface area contributed by atoms with E-state index >= 15 is 0 Å². The van der Waals surface area contributed by atoms with E-state index in [4.69, 9.17) is 16.3 Å². The van der Waals surface area contributed by atoms with E-state index in [0.29, 0.717) is 17.6 Å².